The molecule has 1 aromatic heterocycles. The highest BCUT2D eigenvalue weighted by Crippen LogP contribution is 2.27. The lowest BCUT2D eigenvalue weighted by atomic mass is 10.1. The Bertz CT molecular complexity index is 1250. The zero-order valence-corrected chi connectivity index (χ0v) is 18.8. The van der Waals surface area contributed by atoms with E-state index in [-0.39, 0.29) is 24.8 Å². The van der Waals surface area contributed by atoms with Gasteiger partial charge in [-0.3, -0.25) is 4.79 Å². The zero-order valence-electron chi connectivity index (χ0n) is 18.0. The van der Waals surface area contributed by atoms with Gasteiger partial charge < -0.3 is 9.72 Å². The van der Waals surface area contributed by atoms with Gasteiger partial charge in [-0.25, -0.2) is 13.4 Å². The third-order valence-electron chi connectivity index (χ3n) is 5.62. The summed E-state index contributed by atoms with van der Waals surface area (Å²) in [6, 6.07) is 10.8. The fourth-order valence-corrected chi connectivity index (χ4v) is 6.19. The van der Waals surface area contributed by atoms with Gasteiger partial charge in [-0.1, -0.05) is 29.8 Å². The van der Waals surface area contributed by atoms with Crippen LogP contribution in [-0.4, -0.2) is 41.9 Å². The van der Waals surface area contributed by atoms with Gasteiger partial charge in [0, 0.05) is 13.2 Å². The SMILES string of the molecule is Cc1cc(C)c(S(=O)(=O)N(Cc2nc3ccccc3c(=O)[nH]2)CC2CCCO2)c(C)c1. The molecule has 0 saturated carbocycles. The predicted octanol–water partition coefficient (Wildman–Crippen LogP) is 3.22. The molecule has 0 amide bonds. The number of nitrogens with zero attached hydrogens (tertiary/aromatic N) is 2. The molecule has 2 heterocycles. The molecule has 1 unspecified atom stereocenters. The number of ether oxygens (including phenoxy) is 1. The van der Waals surface area contributed by atoms with Crippen molar-refractivity contribution in [1.82, 2.24) is 14.3 Å². The number of rotatable bonds is 6. The van der Waals surface area contributed by atoms with Crippen LogP contribution in [0.5, 0.6) is 0 Å². The van der Waals surface area contributed by atoms with Crippen LogP contribution in [0.15, 0.2) is 46.1 Å². The fourth-order valence-electron chi connectivity index (χ4n) is 4.34. The van der Waals surface area contributed by atoms with Crippen molar-refractivity contribution in [3.8, 4) is 0 Å². The van der Waals surface area contributed by atoms with Gasteiger partial charge in [-0.2, -0.15) is 4.31 Å². The lowest BCUT2D eigenvalue weighted by Crippen LogP contribution is -2.38. The first kappa shape index (κ1) is 21.7. The standard InChI is InChI=1S/C23H27N3O4S/c1-15-11-16(2)22(17(3)12-15)31(28,29)26(13-18-7-6-10-30-18)14-21-24-20-9-5-4-8-19(20)23(27)25-21/h4-5,8-9,11-12,18H,6-7,10,13-14H2,1-3H3,(H,24,25,27). The summed E-state index contributed by atoms with van der Waals surface area (Å²) in [5, 5.41) is 0.477. The molecular formula is C23H27N3O4S. The van der Waals surface area contributed by atoms with E-state index in [1.807, 2.05) is 32.9 Å². The van der Waals surface area contributed by atoms with Crippen LogP contribution in [-0.2, 0) is 21.3 Å². The van der Waals surface area contributed by atoms with Crippen molar-refractivity contribution in [3.63, 3.8) is 0 Å². The summed E-state index contributed by atoms with van der Waals surface area (Å²) in [6.45, 7) is 6.39. The first-order chi connectivity index (χ1) is 14.8. The van der Waals surface area contributed by atoms with Crippen LogP contribution in [0, 0.1) is 20.8 Å². The van der Waals surface area contributed by atoms with Crippen molar-refractivity contribution >= 4 is 20.9 Å². The van der Waals surface area contributed by atoms with Crippen LogP contribution in [0.1, 0.15) is 35.4 Å². The molecule has 31 heavy (non-hydrogen) atoms. The van der Waals surface area contributed by atoms with E-state index in [0.717, 1.165) is 18.4 Å². The minimum absolute atomic E-state index is 0.0327. The van der Waals surface area contributed by atoms with E-state index in [1.54, 1.807) is 24.3 Å². The van der Waals surface area contributed by atoms with Crippen molar-refractivity contribution in [2.75, 3.05) is 13.2 Å². The largest absolute Gasteiger partial charge is 0.377 e. The molecule has 1 N–H and O–H groups in total. The van der Waals surface area contributed by atoms with E-state index in [0.29, 0.717) is 39.4 Å². The number of aromatic amines is 1. The van der Waals surface area contributed by atoms with Crippen molar-refractivity contribution < 1.29 is 13.2 Å². The summed E-state index contributed by atoms with van der Waals surface area (Å²) < 4.78 is 34.7. The quantitative estimate of drug-likeness (QED) is 0.634. The maximum atomic E-state index is 13.8. The third kappa shape index (κ3) is 4.42. The maximum Gasteiger partial charge on any atom is 0.258 e. The molecule has 1 fully saturated rings. The van der Waals surface area contributed by atoms with Gasteiger partial charge in [0.1, 0.15) is 5.82 Å². The van der Waals surface area contributed by atoms with Gasteiger partial charge in [0.25, 0.3) is 5.56 Å². The number of hydrogen-bond donors (Lipinski definition) is 1. The molecule has 1 aliphatic heterocycles. The van der Waals surface area contributed by atoms with Crippen LogP contribution in [0.4, 0.5) is 0 Å². The highest BCUT2D eigenvalue weighted by molar-refractivity contribution is 7.89. The van der Waals surface area contributed by atoms with Gasteiger partial charge in [0.15, 0.2) is 0 Å². The zero-order chi connectivity index (χ0) is 22.2. The maximum absolute atomic E-state index is 13.8. The van der Waals surface area contributed by atoms with Crippen LogP contribution >= 0.6 is 0 Å². The van der Waals surface area contributed by atoms with Crippen LogP contribution in [0.3, 0.4) is 0 Å². The van der Waals surface area contributed by atoms with E-state index in [4.69, 9.17) is 4.74 Å². The second-order valence-corrected chi connectivity index (χ2v) is 10.1. The monoisotopic (exact) mass is 441 g/mol. The predicted molar refractivity (Wildman–Crippen MR) is 120 cm³/mol. The van der Waals surface area contributed by atoms with E-state index >= 15 is 0 Å². The van der Waals surface area contributed by atoms with E-state index < -0.39 is 10.0 Å². The van der Waals surface area contributed by atoms with E-state index in [9.17, 15) is 13.2 Å². The van der Waals surface area contributed by atoms with Crippen molar-refractivity contribution in [2.24, 2.45) is 0 Å². The molecule has 1 atom stereocenters. The molecule has 0 aliphatic carbocycles. The molecule has 1 aliphatic rings. The van der Waals surface area contributed by atoms with Crippen molar-refractivity contribution in [2.45, 2.75) is 51.2 Å². The first-order valence-electron chi connectivity index (χ1n) is 10.4. The normalized spacial score (nSPS) is 17.0. The van der Waals surface area contributed by atoms with Crippen LogP contribution < -0.4 is 5.56 Å². The molecule has 0 bridgehead atoms. The number of fused-ring (bicyclic) bond motifs is 1. The molecule has 3 aromatic rings. The number of sulfonamides is 1. The second-order valence-electron chi connectivity index (χ2n) is 8.19. The summed E-state index contributed by atoms with van der Waals surface area (Å²) in [6.07, 6.45) is 1.54. The van der Waals surface area contributed by atoms with E-state index in [1.165, 1.54) is 4.31 Å². The fraction of sp³-hybridized carbons (Fsp3) is 0.391. The van der Waals surface area contributed by atoms with Crippen molar-refractivity contribution in [3.05, 3.63) is 69.3 Å². The Morgan fingerprint density at radius 1 is 1.16 bits per heavy atom. The number of aromatic nitrogens is 2. The molecule has 7 nitrogen and oxygen atoms in total. The minimum Gasteiger partial charge on any atom is -0.377 e. The molecule has 0 spiro atoms. The molecule has 0 radical (unpaired) electrons. The Labute approximate surface area is 182 Å². The van der Waals surface area contributed by atoms with Gasteiger partial charge in [0.05, 0.1) is 28.4 Å². The van der Waals surface area contributed by atoms with Gasteiger partial charge in [-0.15, -0.1) is 0 Å². The third-order valence-corrected chi connectivity index (χ3v) is 7.74. The van der Waals surface area contributed by atoms with Gasteiger partial charge in [0.2, 0.25) is 10.0 Å². The summed E-state index contributed by atoms with van der Waals surface area (Å²) in [5.41, 5.74) is 2.68. The smallest absolute Gasteiger partial charge is 0.258 e. The molecular weight excluding hydrogens is 414 g/mol. The Morgan fingerprint density at radius 2 is 1.87 bits per heavy atom. The number of nitrogens with one attached hydrogen (secondary N) is 1. The topological polar surface area (TPSA) is 92.4 Å². The summed E-state index contributed by atoms with van der Waals surface area (Å²) >= 11 is 0. The molecule has 1 saturated heterocycles. The molecule has 164 valence electrons. The number of aryl methyl sites for hydroxylation is 3. The summed E-state index contributed by atoms with van der Waals surface area (Å²) in [5.74, 6) is 0.313. The van der Waals surface area contributed by atoms with Crippen LogP contribution in [0.25, 0.3) is 10.9 Å². The number of hydrogen-bond acceptors (Lipinski definition) is 5. The van der Waals surface area contributed by atoms with Crippen molar-refractivity contribution in [1.29, 1.82) is 0 Å². The minimum atomic E-state index is -3.84. The first-order valence-corrected chi connectivity index (χ1v) is 11.9. The second kappa shape index (κ2) is 8.53. The van der Waals surface area contributed by atoms with E-state index in [2.05, 4.69) is 9.97 Å². The summed E-state index contributed by atoms with van der Waals surface area (Å²) in [7, 11) is -3.84. The highest BCUT2D eigenvalue weighted by atomic mass is 32.2. The average molecular weight is 442 g/mol. The Morgan fingerprint density at radius 3 is 2.55 bits per heavy atom. The highest BCUT2D eigenvalue weighted by Gasteiger charge is 2.32. The Kier molecular flexibility index (Phi) is 5.96. The summed E-state index contributed by atoms with van der Waals surface area (Å²) in [4.78, 5) is 20.1. The average Bonchev–Trinajstić information content (AvgIpc) is 3.20. The van der Waals surface area contributed by atoms with Crippen LogP contribution in [0.2, 0.25) is 0 Å². The molecule has 2 aromatic carbocycles. The Hall–Kier alpha value is -2.55. The lowest BCUT2D eigenvalue weighted by Gasteiger charge is -2.26. The number of H-pyrrole nitrogens is 1. The number of benzene rings is 2. The van der Waals surface area contributed by atoms with Gasteiger partial charge >= 0.3 is 0 Å². The lowest BCUT2D eigenvalue weighted by molar-refractivity contribution is 0.0921. The van der Waals surface area contributed by atoms with Gasteiger partial charge in [-0.05, 0) is 56.9 Å². The number of para-hydroxylation sites is 1. The molecule has 8 heteroatoms. The Balaban J connectivity index is 1.77. The molecule has 4 rings (SSSR count).